The first-order valence-electron chi connectivity index (χ1n) is 5.07. The molecule has 1 saturated heterocycles. The molecular weight excluding hydrogens is 195 g/mol. The first kappa shape index (κ1) is 10.2. The number of methoxy groups -OCH3 is 1. The predicted octanol–water partition coefficient (Wildman–Crippen LogP) is 1.98. The van der Waals surface area contributed by atoms with Gasteiger partial charge in [0.1, 0.15) is 12.0 Å². The second kappa shape index (κ2) is 4.06. The van der Waals surface area contributed by atoms with Gasteiger partial charge >= 0.3 is 0 Å². The molecule has 2 rings (SSSR count). The molecule has 0 saturated carbocycles. The van der Waals surface area contributed by atoms with Crippen LogP contribution in [0, 0.1) is 5.82 Å². The van der Waals surface area contributed by atoms with Crippen molar-refractivity contribution in [2.24, 2.45) is 0 Å². The van der Waals surface area contributed by atoms with Crippen molar-refractivity contribution in [3.63, 3.8) is 0 Å². The summed E-state index contributed by atoms with van der Waals surface area (Å²) in [6, 6.07) is 4.89. The molecule has 0 aromatic heterocycles. The minimum Gasteiger partial charge on any atom is -0.396 e. The first-order chi connectivity index (χ1) is 7.22. The lowest BCUT2D eigenvalue weighted by Crippen LogP contribution is -2.30. The molecule has 4 heteroatoms. The van der Waals surface area contributed by atoms with Crippen molar-refractivity contribution in [2.75, 3.05) is 24.3 Å². The van der Waals surface area contributed by atoms with Gasteiger partial charge in [-0.25, -0.2) is 4.39 Å². The Morgan fingerprint density at radius 3 is 3.00 bits per heavy atom. The molecule has 15 heavy (non-hydrogen) atoms. The van der Waals surface area contributed by atoms with Gasteiger partial charge in [-0.3, -0.25) is 0 Å². The minimum atomic E-state index is -0.366. The van der Waals surface area contributed by atoms with Gasteiger partial charge < -0.3 is 15.4 Å². The first-order valence-corrected chi connectivity index (χ1v) is 5.07. The Balaban J connectivity index is 2.25. The van der Waals surface area contributed by atoms with Crippen molar-refractivity contribution in [3.05, 3.63) is 24.0 Å². The van der Waals surface area contributed by atoms with Crippen LogP contribution in [0.3, 0.4) is 0 Å². The van der Waals surface area contributed by atoms with Crippen LogP contribution in [0.2, 0.25) is 0 Å². The van der Waals surface area contributed by atoms with E-state index in [4.69, 9.17) is 10.5 Å². The number of hydrogen-bond acceptors (Lipinski definition) is 3. The molecule has 82 valence electrons. The van der Waals surface area contributed by atoms with Crippen LogP contribution < -0.4 is 10.6 Å². The molecule has 1 aliphatic rings. The Kier molecular flexibility index (Phi) is 2.77. The van der Waals surface area contributed by atoms with Gasteiger partial charge in [-0.15, -0.1) is 0 Å². The number of ether oxygens (including phenoxy) is 1. The second-order valence-electron chi connectivity index (χ2n) is 3.73. The third-order valence-corrected chi connectivity index (χ3v) is 2.79. The van der Waals surface area contributed by atoms with Crippen molar-refractivity contribution in [1.82, 2.24) is 0 Å². The zero-order chi connectivity index (χ0) is 10.8. The van der Waals surface area contributed by atoms with Crippen LogP contribution in [0.15, 0.2) is 18.2 Å². The Hall–Kier alpha value is -1.29. The van der Waals surface area contributed by atoms with Gasteiger partial charge in [-0.1, -0.05) is 0 Å². The van der Waals surface area contributed by atoms with Crippen molar-refractivity contribution in [3.8, 4) is 0 Å². The summed E-state index contributed by atoms with van der Waals surface area (Å²) in [6.45, 7) is 0.905. The minimum absolute atomic E-state index is 0.0630. The fraction of sp³-hybridized carbons (Fsp3) is 0.455. The van der Waals surface area contributed by atoms with E-state index >= 15 is 0 Å². The Bertz CT molecular complexity index is 356. The quantitative estimate of drug-likeness (QED) is 0.758. The van der Waals surface area contributed by atoms with Gasteiger partial charge in [0, 0.05) is 19.3 Å². The van der Waals surface area contributed by atoms with Gasteiger partial charge in [0.05, 0.1) is 5.69 Å². The van der Waals surface area contributed by atoms with Crippen molar-refractivity contribution >= 4 is 11.4 Å². The fourth-order valence-corrected chi connectivity index (χ4v) is 1.97. The second-order valence-corrected chi connectivity index (χ2v) is 3.73. The molecule has 0 spiro atoms. The number of benzene rings is 1. The van der Waals surface area contributed by atoms with Crippen LogP contribution in [0.5, 0.6) is 0 Å². The molecular formula is C11H15FN2O. The third kappa shape index (κ3) is 1.90. The zero-order valence-electron chi connectivity index (χ0n) is 8.74. The van der Waals surface area contributed by atoms with Gasteiger partial charge in [0.25, 0.3) is 0 Å². The summed E-state index contributed by atoms with van der Waals surface area (Å²) in [5, 5.41) is 0. The number of nitrogens with zero attached hydrogens (tertiary/aromatic N) is 1. The highest BCUT2D eigenvalue weighted by molar-refractivity contribution is 5.54. The number of anilines is 2. The van der Waals surface area contributed by atoms with Gasteiger partial charge in [-0.05, 0) is 31.0 Å². The Morgan fingerprint density at radius 1 is 1.53 bits per heavy atom. The van der Waals surface area contributed by atoms with E-state index in [1.807, 2.05) is 6.07 Å². The predicted molar refractivity (Wildman–Crippen MR) is 58.2 cm³/mol. The van der Waals surface area contributed by atoms with E-state index in [0.29, 0.717) is 0 Å². The van der Waals surface area contributed by atoms with Crippen molar-refractivity contribution in [2.45, 2.75) is 19.1 Å². The average Bonchev–Trinajstić information content (AvgIpc) is 2.70. The highest BCUT2D eigenvalue weighted by Crippen LogP contribution is 2.27. The van der Waals surface area contributed by atoms with Gasteiger partial charge in [0.2, 0.25) is 0 Å². The summed E-state index contributed by atoms with van der Waals surface area (Å²) in [5.41, 5.74) is 6.46. The Morgan fingerprint density at radius 2 is 2.33 bits per heavy atom. The Labute approximate surface area is 88.6 Å². The number of nitrogen functional groups attached to an aromatic ring is 1. The van der Waals surface area contributed by atoms with Crippen LogP contribution in [0.1, 0.15) is 12.8 Å². The summed E-state index contributed by atoms with van der Waals surface area (Å²) in [4.78, 5) is 2.06. The molecule has 1 atom stereocenters. The van der Waals surface area contributed by atoms with E-state index < -0.39 is 0 Å². The van der Waals surface area contributed by atoms with E-state index in [1.54, 1.807) is 13.2 Å². The standard InChI is InChI=1S/C11H15FN2O/c1-15-11-3-2-6-14(11)8-4-5-10(13)9(12)7-8/h4-5,7,11H,2-3,6,13H2,1H3/t11-/m0/s1. The molecule has 0 unspecified atom stereocenters. The van der Waals surface area contributed by atoms with E-state index in [9.17, 15) is 4.39 Å². The lowest BCUT2D eigenvalue weighted by Gasteiger charge is -2.25. The lowest BCUT2D eigenvalue weighted by atomic mass is 10.2. The normalized spacial score (nSPS) is 20.9. The highest BCUT2D eigenvalue weighted by Gasteiger charge is 2.24. The van der Waals surface area contributed by atoms with Gasteiger partial charge in [-0.2, -0.15) is 0 Å². The maximum atomic E-state index is 13.3. The molecule has 0 amide bonds. The summed E-state index contributed by atoms with van der Waals surface area (Å²) in [7, 11) is 1.68. The number of rotatable bonds is 2. The van der Waals surface area contributed by atoms with E-state index in [2.05, 4.69) is 4.90 Å². The summed E-state index contributed by atoms with van der Waals surface area (Å²) in [6.07, 6.45) is 2.13. The van der Waals surface area contributed by atoms with Gasteiger partial charge in [0.15, 0.2) is 0 Å². The van der Waals surface area contributed by atoms with Crippen molar-refractivity contribution in [1.29, 1.82) is 0 Å². The smallest absolute Gasteiger partial charge is 0.148 e. The van der Waals surface area contributed by atoms with E-state index in [1.165, 1.54) is 6.07 Å². The van der Waals surface area contributed by atoms with Crippen LogP contribution in [-0.2, 0) is 4.74 Å². The molecule has 0 bridgehead atoms. The topological polar surface area (TPSA) is 38.5 Å². The third-order valence-electron chi connectivity index (χ3n) is 2.79. The molecule has 1 aromatic rings. The SMILES string of the molecule is CO[C@H]1CCCN1c1ccc(N)c(F)c1. The van der Waals surface area contributed by atoms with Crippen LogP contribution in [-0.4, -0.2) is 19.9 Å². The number of halogens is 1. The molecule has 1 aromatic carbocycles. The summed E-state index contributed by atoms with van der Waals surface area (Å²) >= 11 is 0. The molecule has 1 aliphatic heterocycles. The number of nitrogens with two attached hydrogens (primary N) is 1. The van der Waals surface area contributed by atoms with Crippen LogP contribution >= 0.6 is 0 Å². The lowest BCUT2D eigenvalue weighted by molar-refractivity contribution is 0.111. The van der Waals surface area contributed by atoms with Crippen molar-refractivity contribution < 1.29 is 9.13 Å². The molecule has 0 radical (unpaired) electrons. The summed E-state index contributed by atoms with van der Waals surface area (Å²) < 4.78 is 18.6. The fourth-order valence-electron chi connectivity index (χ4n) is 1.97. The zero-order valence-corrected chi connectivity index (χ0v) is 8.74. The largest absolute Gasteiger partial charge is 0.396 e. The van der Waals surface area contributed by atoms with Crippen LogP contribution in [0.25, 0.3) is 0 Å². The molecule has 1 heterocycles. The monoisotopic (exact) mass is 210 g/mol. The van der Waals surface area contributed by atoms with E-state index in [0.717, 1.165) is 25.1 Å². The molecule has 0 aliphatic carbocycles. The highest BCUT2D eigenvalue weighted by atomic mass is 19.1. The van der Waals surface area contributed by atoms with E-state index in [-0.39, 0.29) is 17.7 Å². The maximum absolute atomic E-state index is 13.3. The molecule has 3 nitrogen and oxygen atoms in total. The van der Waals surface area contributed by atoms with Crippen LogP contribution in [0.4, 0.5) is 15.8 Å². The summed E-state index contributed by atoms with van der Waals surface area (Å²) in [5.74, 6) is -0.366. The molecule has 1 fully saturated rings. The number of hydrogen-bond donors (Lipinski definition) is 1. The average molecular weight is 210 g/mol. The molecule has 2 N–H and O–H groups in total. The maximum Gasteiger partial charge on any atom is 0.148 e.